The molecule has 2 bridgehead atoms. The predicted molar refractivity (Wildman–Crippen MR) is 104 cm³/mol. The molecular weight excluding hydrogens is 380 g/mol. The predicted octanol–water partition coefficient (Wildman–Crippen LogP) is 4.43. The van der Waals surface area contributed by atoms with Gasteiger partial charge in [-0.05, 0) is 37.8 Å². The van der Waals surface area contributed by atoms with Crippen molar-refractivity contribution in [2.24, 2.45) is 23.7 Å². The number of fused-ring (bicyclic) bond motifs is 5. The van der Waals surface area contributed by atoms with Gasteiger partial charge in [-0.3, -0.25) is 19.7 Å². The zero-order chi connectivity index (χ0) is 19.6. The van der Waals surface area contributed by atoms with E-state index >= 15 is 0 Å². The van der Waals surface area contributed by atoms with Crippen LogP contribution in [0.4, 0.5) is 11.4 Å². The molecule has 144 valence electrons. The van der Waals surface area contributed by atoms with Crippen LogP contribution in [0.2, 0.25) is 5.02 Å². The number of carbonyl (C=O) groups is 2. The second-order valence-corrected chi connectivity index (χ2v) is 8.42. The Bertz CT molecular complexity index is 941. The van der Waals surface area contributed by atoms with Gasteiger partial charge in [0, 0.05) is 17.9 Å². The summed E-state index contributed by atoms with van der Waals surface area (Å²) in [5.74, 6) is -1.13. The van der Waals surface area contributed by atoms with E-state index < -0.39 is 4.92 Å². The van der Waals surface area contributed by atoms with E-state index in [9.17, 15) is 19.7 Å². The number of hydrogen-bond donors (Lipinski definition) is 0. The second-order valence-electron chi connectivity index (χ2n) is 8.01. The highest BCUT2D eigenvalue weighted by molar-refractivity contribution is 6.33. The molecule has 2 saturated carbocycles. The first-order chi connectivity index (χ1) is 13.5. The molecule has 5 rings (SSSR count). The highest BCUT2D eigenvalue weighted by atomic mass is 35.5. The molecule has 4 atom stereocenters. The topological polar surface area (TPSA) is 80.5 Å². The number of nitro benzene ring substituents is 1. The van der Waals surface area contributed by atoms with Crippen LogP contribution in [0, 0.1) is 33.8 Å². The Morgan fingerprint density at radius 1 is 1.00 bits per heavy atom. The fourth-order valence-corrected chi connectivity index (χ4v) is 5.78. The number of halogens is 1. The van der Waals surface area contributed by atoms with Crippen LogP contribution in [0.3, 0.4) is 0 Å². The lowest BCUT2D eigenvalue weighted by Gasteiger charge is -2.23. The van der Waals surface area contributed by atoms with Gasteiger partial charge in [-0.2, -0.15) is 0 Å². The normalized spacial score (nSPS) is 31.1. The largest absolute Gasteiger partial charge is 0.288 e. The molecule has 1 aromatic carbocycles. The summed E-state index contributed by atoms with van der Waals surface area (Å²) in [4.78, 5) is 38.0. The number of imide groups is 1. The van der Waals surface area contributed by atoms with Crippen molar-refractivity contribution < 1.29 is 14.5 Å². The lowest BCUT2D eigenvalue weighted by molar-refractivity contribution is -0.384. The van der Waals surface area contributed by atoms with Gasteiger partial charge < -0.3 is 0 Å². The number of benzene rings is 1. The first kappa shape index (κ1) is 17.6. The van der Waals surface area contributed by atoms with Gasteiger partial charge in [0.2, 0.25) is 11.8 Å². The molecular formula is C21H19ClN2O4. The summed E-state index contributed by atoms with van der Waals surface area (Å²) >= 11 is 6.00. The molecule has 0 N–H and O–H groups in total. The first-order valence-corrected chi connectivity index (χ1v) is 10.1. The molecule has 1 aromatic rings. The van der Waals surface area contributed by atoms with Crippen molar-refractivity contribution >= 4 is 34.8 Å². The lowest BCUT2D eigenvalue weighted by atomic mass is 9.85. The Hall–Kier alpha value is -2.47. The van der Waals surface area contributed by atoms with Gasteiger partial charge >= 0.3 is 0 Å². The average molecular weight is 399 g/mol. The Morgan fingerprint density at radius 3 is 2.14 bits per heavy atom. The molecule has 1 heterocycles. The number of nitro groups is 1. The summed E-state index contributed by atoms with van der Waals surface area (Å²) in [5.41, 5.74) is 2.84. The molecule has 28 heavy (non-hydrogen) atoms. The van der Waals surface area contributed by atoms with Crippen LogP contribution in [-0.2, 0) is 9.59 Å². The lowest BCUT2D eigenvalue weighted by Crippen LogP contribution is -2.33. The second kappa shape index (κ2) is 6.27. The average Bonchev–Trinajstić information content (AvgIpc) is 3.32. The van der Waals surface area contributed by atoms with E-state index in [2.05, 4.69) is 12.2 Å². The Kier molecular flexibility index (Phi) is 3.95. The molecule has 6 nitrogen and oxygen atoms in total. The van der Waals surface area contributed by atoms with Crippen molar-refractivity contribution in [1.82, 2.24) is 0 Å². The van der Waals surface area contributed by atoms with E-state index in [1.807, 2.05) is 0 Å². The summed E-state index contributed by atoms with van der Waals surface area (Å²) in [7, 11) is 0. The maximum atomic E-state index is 13.2. The maximum absolute atomic E-state index is 13.2. The zero-order valence-electron chi connectivity index (χ0n) is 15.1. The fourth-order valence-electron chi connectivity index (χ4n) is 5.54. The summed E-state index contributed by atoms with van der Waals surface area (Å²) in [6.07, 6.45) is 9.96. The van der Waals surface area contributed by atoms with E-state index in [4.69, 9.17) is 11.6 Å². The molecule has 0 unspecified atom stereocenters. The summed E-state index contributed by atoms with van der Waals surface area (Å²) in [6, 6.07) is 4.01. The van der Waals surface area contributed by atoms with Gasteiger partial charge in [0.05, 0.1) is 22.4 Å². The first-order valence-electron chi connectivity index (χ1n) is 9.71. The van der Waals surface area contributed by atoms with Crippen molar-refractivity contribution in [3.63, 3.8) is 0 Å². The van der Waals surface area contributed by atoms with Crippen molar-refractivity contribution in [3.8, 4) is 0 Å². The smallest absolute Gasteiger partial charge is 0.274 e. The number of anilines is 1. The van der Waals surface area contributed by atoms with Crippen molar-refractivity contribution in [3.05, 3.63) is 56.6 Å². The van der Waals surface area contributed by atoms with Crippen LogP contribution in [0.25, 0.3) is 0 Å². The van der Waals surface area contributed by atoms with Gasteiger partial charge in [-0.25, -0.2) is 4.90 Å². The number of rotatable bonds is 2. The minimum Gasteiger partial charge on any atom is -0.274 e. The number of amides is 2. The molecule has 7 heteroatoms. The molecule has 0 spiro atoms. The van der Waals surface area contributed by atoms with E-state index in [0.29, 0.717) is 5.69 Å². The Balaban J connectivity index is 1.50. The van der Waals surface area contributed by atoms with Crippen molar-refractivity contribution in [2.45, 2.75) is 32.1 Å². The SMILES string of the molecule is O=C1[C@@H]2[C@H](C(=O)N1c1ccc([N+](=O)[O-])c(Cl)c1)[C@@H]1C=C[C@@H]2C1=C1CCCCC1. The summed E-state index contributed by atoms with van der Waals surface area (Å²) in [6.45, 7) is 0. The molecule has 0 radical (unpaired) electrons. The fraction of sp³-hybridized carbons (Fsp3) is 0.429. The molecule has 2 amide bonds. The number of nitrogens with zero attached hydrogens (tertiary/aromatic N) is 2. The van der Waals surface area contributed by atoms with Crippen LogP contribution in [0.15, 0.2) is 41.5 Å². The maximum Gasteiger partial charge on any atom is 0.288 e. The van der Waals surface area contributed by atoms with Crippen LogP contribution >= 0.6 is 11.6 Å². The Morgan fingerprint density at radius 2 is 1.61 bits per heavy atom. The van der Waals surface area contributed by atoms with E-state index in [1.54, 1.807) is 0 Å². The summed E-state index contributed by atoms with van der Waals surface area (Å²) in [5, 5.41) is 10.9. The highest BCUT2D eigenvalue weighted by Crippen LogP contribution is 2.58. The van der Waals surface area contributed by atoms with Crippen LogP contribution in [-0.4, -0.2) is 16.7 Å². The van der Waals surface area contributed by atoms with Crippen molar-refractivity contribution in [2.75, 3.05) is 4.90 Å². The molecule has 1 aliphatic heterocycles. The number of carbonyl (C=O) groups excluding carboxylic acids is 2. The third kappa shape index (κ3) is 2.33. The highest BCUT2D eigenvalue weighted by Gasteiger charge is 2.62. The quantitative estimate of drug-likeness (QED) is 0.319. The van der Waals surface area contributed by atoms with Gasteiger partial charge in [0.25, 0.3) is 5.69 Å². The Labute approximate surface area is 167 Å². The monoisotopic (exact) mass is 398 g/mol. The zero-order valence-corrected chi connectivity index (χ0v) is 15.9. The standard InChI is InChI=1S/C21H19ClN2O4/c22-15-10-12(6-9-16(15)24(27)28)23-20(25)18-13-7-8-14(19(18)21(23)26)17(13)11-4-2-1-3-5-11/h6-10,13-14,18-19H,1-5H2/t13-,14-,18-,19+/m1/s1. The third-order valence-corrected chi connectivity index (χ3v) is 6.97. The molecule has 3 fully saturated rings. The number of allylic oxidation sites excluding steroid dienone is 4. The summed E-state index contributed by atoms with van der Waals surface area (Å²) < 4.78 is 0. The van der Waals surface area contributed by atoms with Gasteiger partial charge in [-0.15, -0.1) is 0 Å². The van der Waals surface area contributed by atoms with Gasteiger partial charge in [0.1, 0.15) is 5.02 Å². The molecule has 4 aliphatic rings. The van der Waals surface area contributed by atoms with E-state index in [1.165, 1.54) is 53.5 Å². The number of hydrogen-bond acceptors (Lipinski definition) is 4. The van der Waals surface area contributed by atoms with Crippen LogP contribution in [0.1, 0.15) is 32.1 Å². The molecule has 1 saturated heterocycles. The minimum absolute atomic E-state index is 0.0121. The van der Waals surface area contributed by atoms with Crippen molar-refractivity contribution in [1.29, 1.82) is 0 Å². The van der Waals surface area contributed by atoms with Crippen LogP contribution in [0.5, 0.6) is 0 Å². The van der Waals surface area contributed by atoms with E-state index in [-0.39, 0.29) is 46.2 Å². The van der Waals surface area contributed by atoms with E-state index in [0.717, 1.165) is 12.8 Å². The molecule has 3 aliphatic carbocycles. The van der Waals surface area contributed by atoms with Gasteiger partial charge in [-0.1, -0.05) is 41.3 Å². The third-order valence-electron chi connectivity index (χ3n) is 6.67. The minimum atomic E-state index is -0.582. The molecule has 0 aromatic heterocycles. The van der Waals surface area contributed by atoms with Crippen LogP contribution < -0.4 is 4.90 Å². The van der Waals surface area contributed by atoms with Gasteiger partial charge in [0.15, 0.2) is 0 Å².